The average Bonchev–Trinajstić information content (AvgIpc) is 3.24. The van der Waals surface area contributed by atoms with Gasteiger partial charge in [-0.15, -0.1) is 0 Å². The maximum absolute atomic E-state index is 14.0. The van der Waals surface area contributed by atoms with Crippen molar-refractivity contribution in [2.24, 2.45) is 38.7 Å². The van der Waals surface area contributed by atoms with Crippen molar-refractivity contribution in [1.82, 2.24) is 47.9 Å². The van der Waals surface area contributed by atoms with Crippen LogP contribution in [0.25, 0.3) is 0 Å². The summed E-state index contributed by atoms with van der Waals surface area (Å²) in [4.78, 5) is 137. The van der Waals surface area contributed by atoms with E-state index in [0.717, 1.165) is 6.92 Å². The molecule has 0 saturated heterocycles. The molecule has 0 unspecified atom stereocenters. The zero-order valence-corrected chi connectivity index (χ0v) is 40.0. The maximum Gasteiger partial charge on any atom is 0.326 e. The first-order chi connectivity index (χ1) is 32.2. The van der Waals surface area contributed by atoms with Crippen LogP contribution in [0, 0.1) is 0 Å². The van der Waals surface area contributed by atoms with Crippen molar-refractivity contribution in [2.45, 2.75) is 153 Å². The summed E-state index contributed by atoms with van der Waals surface area (Å²) in [7, 11) is 1.69. The molecule has 0 aromatic carbocycles. The molecule has 9 amide bonds. The number of unbranched alkanes of at least 4 members (excludes halogenated alkanes) is 1. The molecular formula is C40H74N16O13. The van der Waals surface area contributed by atoms with Gasteiger partial charge in [0.15, 0.2) is 11.9 Å². The molecule has 0 fully saturated rings. The van der Waals surface area contributed by atoms with Crippen molar-refractivity contribution >= 4 is 71.1 Å². The Bertz CT molecular complexity index is 1810. The number of rotatable bonds is 34. The predicted octanol–water partition coefficient (Wildman–Crippen LogP) is -7.47. The summed E-state index contributed by atoms with van der Waals surface area (Å²) in [6, 6.07) is -11.8. The van der Waals surface area contributed by atoms with Crippen LogP contribution in [0.4, 0.5) is 0 Å². The van der Waals surface area contributed by atoms with Crippen LogP contribution in [0.2, 0.25) is 0 Å². The smallest absolute Gasteiger partial charge is 0.326 e. The van der Waals surface area contributed by atoms with Crippen LogP contribution in [0.5, 0.6) is 0 Å². The average molecular weight is 987 g/mol. The van der Waals surface area contributed by atoms with Crippen LogP contribution >= 0.6 is 0 Å². The van der Waals surface area contributed by atoms with E-state index in [1.54, 1.807) is 7.05 Å². The number of amides is 9. The lowest BCUT2D eigenvalue weighted by molar-refractivity contribution is -0.142. The number of aliphatic imine (C=N–C) groups is 2. The molecule has 69 heavy (non-hydrogen) atoms. The molecule has 29 nitrogen and oxygen atoms in total. The normalized spacial score (nSPS) is 15.2. The van der Waals surface area contributed by atoms with Gasteiger partial charge < -0.3 is 91.8 Å². The van der Waals surface area contributed by atoms with Crippen LogP contribution < -0.4 is 76.5 Å². The Labute approximate surface area is 399 Å². The predicted molar refractivity (Wildman–Crippen MR) is 249 cm³/mol. The Balaban J connectivity index is 6.45. The third-order valence-corrected chi connectivity index (χ3v) is 9.94. The Kier molecular flexibility index (Phi) is 29.5. The Morgan fingerprint density at radius 1 is 0.478 bits per heavy atom. The van der Waals surface area contributed by atoms with Crippen molar-refractivity contribution in [3.05, 3.63) is 0 Å². The van der Waals surface area contributed by atoms with Crippen molar-refractivity contribution in [1.29, 1.82) is 0 Å². The van der Waals surface area contributed by atoms with Gasteiger partial charge in [-0.3, -0.25) is 53.1 Å². The van der Waals surface area contributed by atoms with E-state index in [0.29, 0.717) is 19.4 Å². The summed E-state index contributed by atoms with van der Waals surface area (Å²) in [5.74, 6) is -10.1. The zero-order chi connectivity index (χ0) is 53.0. The number of nitrogens with zero attached hydrogens (tertiary/aromatic N) is 2. The number of aliphatic hydroxyl groups is 2. The SMILES string of the molecule is CNCCCC[C@H](NC(=O)[C@@H](NC(=O)[C@H](CCCN=C(N)N)NC(=O)[C@H](C)NC(C)=O)[C@@H](C)O)C(=O)N[C@@H](CCC(N)=O)C(=O)N[C@H](C(=O)N[C@@H](C)C(=O)N[C@@H](CCCN=C(N)N)C(=O)O)[C@@H](C)O. The number of nitrogens with one attached hydrogen (secondary N) is 9. The van der Waals surface area contributed by atoms with Crippen molar-refractivity contribution in [3.63, 3.8) is 0 Å². The van der Waals surface area contributed by atoms with Crippen molar-refractivity contribution in [3.8, 4) is 0 Å². The summed E-state index contributed by atoms with van der Waals surface area (Å²) in [5.41, 5.74) is 26.7. The van der Waals surface area contributed by atoms with Gasteiger partial charge >= 0.3 is 5.97 Å². The first-order valence-corrected chi connectivity index (χ1v) is 22.2. The third kappa shape index (κ3) is 26.3. The van der Waals surface area contributed by atoms with Gasteiger partial charge in [-0.25, -0.2) is 4.79 Å². The zero-order valence-electron chi connectivity index (χ0n) is 40.0. The minimum absolute atomic E-state index is 0.0544. The van der Waals surface area contributed by atoms with E-state index in [1.165, 1.54) is 27.7 Å². The molecule has 0 aliphatic heterocycles. The number of primary amides is 1. The van der Waals surface area contributed by atoms with Crippen molar-refractivity contribution in [2.75, 3.05) is 26.7 Å². The second-order valence-electron chi connectivity index (χ2n) is 16.2. The van der Waals surface area contributed by atoms with Gasteiger partial charge in [-0.1, -0.05) is 0 Å². The summed E-state index contributed by atoms with van der Waals surface area (Å²) in [5, 5.41) is 52.8. The van der Waals surface area contributed by atoms with Crippen LogP contribution in [-0.2, 0) is 47.9 Å². The highest BCUT2D eigenvalue weighted by molar-refractivity contribution is 5.98. The largest absolute Gasteiger partial charge is 0.480 e. The molecule has 29 heteroatoms. The highest BCUT2D eigenvalue weighted by atomic mass is 16.4. The highest BCUT2D eigenvalue weighted by Crippen LogP contribution is 2.09. The summed E-state index contributed by atoms with van der Waals surface area (Å²) < 4.78 is 0. The molecule has 0 spiro atoms. The summed E-state index contributed by atoms with van der Waals surface area (Å²) in [6.45, 7) is 6.72. The first-order valence-electron chi connectivity index (χ1n) is 22.2. The van der Waals surface area contributed by atoms with Gasteiger partial charge in [0.2, 0.25) is 53.2 Å². The number of carbonyl (C=O) groups is 10. The van der Waals surface area contributed by atoms with Gasteiger partial charge in [0, 0.05) is 26.4 Å². The molecule has 0 heterocycles. The molecule has 0 aromatic rings. The Hall–Kier alpha value is -6.88. The topological polar surface area (TPSA) is 494 Å². The lowest BCUT2D eigenvalue weighted by Crippen LogP contribution is -2.62. The fourth-order valence-corrected chi connectivity index (χ4v) is 6.19. The molecule has 0 aliphatic rings. The molecule has 0 rings (SSSR count). The molecule has 0 saturated carbocycles. The van der Waals surface area contributed by atoms with E-state index in [1.807, 2.05) is 0 Å². The quantitative estimate of drug-likeness (QED) is 0.0162. The lowest BCUT2D eigenvalue weighted by atomic mass is 10.0. The number of carboxylic acids is 1. The summed E-state index contributed by atoms with van der Waals surface area (Å²) in [6.07, 6.45) is -3.20. The van der Waals surface area contributed by atoms with Gasteiger partial charge in [-0.2, -0.15) is 0 Å². The Morgan fingerprint density at radius 2 is 0.855 bits per heavy atom. The number of hydrogen-bond donors (Lipinski definition) is 17. The maximum atomic E-state index is 14.0. The van der Waals surface area contributed by atoms with E-state index < -0.39 is 133 Å². The second kappa shape index (κ2) is 32.8. The minimum Gasteiger partial charge on any atom is -0.480 e. The molecule has 0 aromatic heterocycles. The molecule has 10 atom stereocenters. The van der Waals surface area contributed by atoms with E-state index in [-0.39, 0.29) is 57.1 Å². The number of carboxylic acid groups (broad SMARTS) is 1. The minimum atomic E-state index is -1.78. The monoisotopic (exact) mass is 987 g/mol. The Morgan fingerprint density at radius 3 is 1.28 bits per heavy atom. The van der Waals surface area contributed by atoms with Gasteiger partial charge in [0.1, 0.15) is 48.3 Å². The van der Waals surface area contributed by atoms with E-state index in [9.17, 15) is 63.3 Å². The fourth-order valence-electron chi connectivity index (χ4n) is 6.19. The molecular weight excluding hydrogens is 913 g/mol. The second-order valence-corrected chi connectivity index (χ2v) is 16.2. The fraction of sp³-hybridized carbons (Fsp3) is 0.700. The van der Waals surface area contributed by atoms with Crippen molar-refractivity contribution < 1.29 is 63.3 Å². The van der Waals surface area contributed by atoms with Crippen LogP contribution in [0.1, 0.15) is 92.4 Å². The van der Waals surface area contributed by atoms with Crippen LogP contribution in [0.15, 0.2) is 9.98 Å². The standard InChI is InChI=1S/C40H74N16O13/c1-19(49-23(5)59)31(61)51-25(12-9-17-47-39(42)43)34(64)56-30(22(4)58)37(67)53-24(11-7-8-16-46-6)33(63)52-26(14-15-28(41)60)35(65)55-29(21(3)57)36(66)50-20(2)32(62)54-27(38(68)69)13-10-18-48-40(44)45/h19-22,24-27,29-30,46,57-58H,7-18H2,1-6H3,(H2,41,60)(H,49,59)(H,50,66)(H,51,61)(H,52,63)(H,53,67)(H,54,62)(H,55,65)(H,56,64)(H,68,69)(H4,42,43,47)(H4,44,45,48)/t19-,20-,21+,22+,24-,25-,26-,27-,29-,30-/m0/s1. The molecule has 0 bridgehead atoms. The van der Waals surface area contributed by atoms with E-state index in [4.69, 9.17) is 28.7 Å². The number of aliphatic hydroxyl groups excluding tert-OH is 2. The van der Waals surface area contributed by atoms with Gasteiger partial charge in [-0.05, 0) is 92.7 Å². The van der Waals surface area contributed by atoms with Gasteiger partial charge in [0.25, 0.3) is 0 Å². The third-order valence-electron chi connectivity index (χ3n) is 9.94. The first kappa shape index (κ1) is 62.1. The number of aliphatic carboxylic acids is 1. The number of carbonyl (C=O) groups excluding carboxylic acids is 9. The van der Waals surface area contributed by atoms with Crippen LogP contribution in [0.3, 0.4) is 0 Å². The highest BCUT2D eigenvalue weighted by Gasteiger charge is 2.36. The molecule has 0 radical (unpaired) electrons. The number of nitrogens with two attached hydrogens (primary N) is 5. The molecule has 0 aliphatic carbocycles. The van der Waals surface area contributed by atoms with E-state index in [2.05, 4.69) is 57.8 Å². The van der Waals surface area contributed by atoms with E-state index >= 15 is 0 Å². The molecule has 22 N–H and O–H groups in total. The number of hydrogen-bond acceptors (Lipinski definition) is 15. The molecule has 392 valence electrons. The number of guanidine groups is 2. The van der Waals surface area contributed by atoms with Crippen LogP contribution in [-0.4, -0.2) is 174 Å². The summed E-state index contributed by atoms with van der Waals surface area (Å²) >= 11 is 0. The van der Waals surface area contributed by atoms with Gasteiger partial charge in [0.05, 0.1) is 12.2 Å². The lowest BCUT2D eigenvalue weighted by Gasteiger charge is -2.29.